The molecule has 0 spiro atoms. The molecule has 3 rings (SSSR count). The predicted octanol–water partition coefficient (Wildman–Crippen LogP) is 5.86. The quantitative estimate of drug-likeness (QED) is 0.517. The van der Waals surface area contributed by atoms with Crippen LogP contribution in [0.15, 0.2) is 78.9 Å². The number of anilines is 1. The first-order valence-corrected chi connectivity index (χ1v) is 9.88. The highest BCUT2D eigenvalue weighted by Crippen LogP contribution is 2.25. The molecule has 2 N–H and O–H groups in total. The highest BCUT2D eigenvalue weighted by molar-refractivity contribution is 7.80. The summed E-state index contributed by atoms with van der Waals surface area (Å²) in [6.07, 6.45) is 0.129. The van der Waals surface area contributed by atoms with Gasteiger partial charge in [-0.25, -0.2) is 0 Å². The summed E-state index contributed by atoms with van der Waals surface area (Å²) in [4.78, 5) is 0. The molecular formula is C24H26N2OS. The Kier molecular flexibility index (Phi) is 6.66. The second-order valence-electron chi connectivity index (χ2n) is 6.99. The maximum absolute atomic E-state index is 5.77. The summed E-state index contributed by atoms with van der Waals surface area (Å²) in [6.45, 7) is 6.15. The van der Waals surface area contributed by atoms with Crippen LogP contribution in [0, 0.1) is 6.92 Å². The van der Waals surface area contributed by atoms with Crippen molar-refractivity contribution >= 4 is 23.0 Å². The number of thiocarbonyl (C=S) groups is 1. The molecule has 0 aliphatic heterocycles. The molecule has 3 aromatic rings. The van der Waals surface area contributed by atoms with Crippen LogP contribution in [0.4, 0.5) is 5.69 Å². The van der Waals surface area contributed by atoms with E-state index in [0.717, 1.165) is 17.0 Å². The smallest absolute Gasteiger partial charge is 0.171 e. The van der Waals surface area contributed by atoms with Gasteiger partial charge in [-0.05, 0) is 61.8 Å². The first kappa shape index (κ1) is 19.9. The summed E-state index contributed by atoms with van der Waals surface area (Å²) in [5.41, 5.74) is 4.49. The Labute approximate surface area is 172 Å². The van der Waals surface area contributed by atoms with Gasteiger partial charge in [-0.15, -0.1) is 0 Å². The van der Waals surface area contributed by atoms with E-state index in [1.807, 2.05) is 56.3 Å². The van der Waals surface area contributed by atoms with Crippen LogP contribution >= 0.6 is 12.2 Å². The molecule has 0 fully saturated rings. The Balaban J connectivity index is 1.80. The molecule has 0 aromatic heterocycles. The van der Waals surface area contributed by atoms with Gasteiger partial charge in [0, 0.05) is 11.8 Å². The minimum absolute atomic E-state index is 0.0301. The summed E-state index contributed by atoms with van der Waals surface area (Å²) in [5, 5.41) is 7.33. The molecule has 0 saturated carbocycles. The SMILES string of the molecule is Cc1ccccc1[C@H](NC(=S)Nc1cccc(OC(C)C)c1)c1ccccc1. The van der Waals surface area contributed by atoms with Gasteiger partial charge in [-0.1, -0.05) is 60.7 Å². The standard InChI is InChI=1S/C24H26N2OS/c1-17(2)27-21-14-9-13-20(16-21)25-24(28)26-23(19-11-5-4-6-12-19)22-15-8-7-10-18(22)3/h4-17,23H,1-3H3,(H2,25,26,28)/t23-/m1/s1. The summed E-state index contributed by atoms with van der Waals surface area (Å²) in [5.74, 6) is 0.821. The molecule has 3 aromatic carbocycles. The van der Waals surface area contributed by atoms with Crippen molar-refractivity contribution in [3.05, 3.63) is 95.6 Å². The van der Waals surface area contributed by atoms with Gasteiger partial charge in [0.25, 0.3) is 0 Å². The van der Waals surface area contributed by atoms with E-state index < -0.39 is 0 Å². The van der Waals surface area contributed by atoms with Crippen LogP contribution < -0.4 is 15.4 Å². The van der Waals surface area contributed by atoms with E-state index in [4.69, 9.17) is 17.0 Å². The molecule has 0 aliphatic rings. The van der Waals surface area contributed by atoms with Crippen molar-refractivity contribution < 1.29 is 4.74 Å². The third-order valence-corrected chi connectivity index (χ3v) is 4.59. The van der Waals surface area contributed by atoms with Crippen LogP contribution in [0.3, 0.4) is 0 Å². The van der Waals surface area contributed by atoms with Gasteiger partial charge in [0.1, 0.15) is 5.75 Å². The normalized spacial score (nSPS) is 11.7. The fourth-order valence-electron chi connectivity index (χ4n) is 3.11. The van der Waals surface area contributed by atoms with Gasteiger partial charge in [0.2, 0.25) is 0 Å². The molecule has 144 valence electrons. The second kappa shape index (κ2) is 9.38. The zero-order chi connectivity index (χ0) is 19.9. The highest BCUT2D eigenvalue weighted by Gasteiger charge is 2.17. The first-order valence-electron chi connectivity index (χ1n) is 9.47. The number of aryl methyl sites for hydroxylation is 1. The van der Waals surface area contributed by atoms with Gasteiger partial charge in [0.05, 0.1) is 12.1 Å². The molecule has 1 atom stereocenters. The molecule has 0 saturated heterocycles. The van der Waals surface area contributed by atoms with Crippen LogP contribution in [0.5, 0.6) is 5.75 Å². The average Bonchev–Trinajstić information content (AvgIpc) is 2.67. The Morgan fingerprint density at radius 1 is 0.893 bits per heavy atom. The van der Waals surface area contributed by atoms with Gasteiger partial charge >= 0.3 is 0 Å². The summed E-state index contributed by atoms with van der Waals surface area (Å²) < 4.78 is 5.77. The van der Waals surface area contributed by atoms with Crippen LogP contribution in [-0.4, -0.2) is 11.2 Å². The second-order valence-corrected chi connectivity index (χ2v) is 7.40. The Bertz CT molecular complexity index is 925. The Hall–Kier alpha value is -2.85. The number of nitrogens with one attached hydrogen (secondary N) is 2. The Morgan fingerprint density at radius 3 is 2.32 bits per heavy atom. The van der Waals surface area contributed by atoms with E-state index in [1.165, 1.54) is 11.1 Å². The van der Waals surface area contributed by atoms with Gasteiger partial charge in [-0.2, -0.15) is 0 Å². The third kappa shape index (κ3) is 5.33. The maximum Gasteiger partial charge on any atom is 0.171 e. The number of rotatable bonds is 6. The molecule has 0 heterocycles. The lowest BCUT2D eigenvalue weighted by Gasteiger charge is -2.23. The predicted molar refractivity (Wildman–Crippen MR) is 121 cm³/mol. The van der Waals surface area contributed by atoms with Crippen molar-refractivity contribution in [3.63, 3.8) is 0 Å². The van der Waals surface area contributed by atoms with Gasteiger partial charge < -0.3 is 15.4 Å². The summed E-state index contributed by atoms with van der Waals surface area (Å²) >= 11 is 5.62. The lowest BCUT2D eigenvalue weighted by Crippen LogP contribution is -2.33. The van der Waals surface area contributed by atoms with Crippen LogP contribution in [-0.2, 0) is 0 Å². The van der Waals surface area contributed by atoms with Crippen LogP contribution in [0.1, 0.15) is 36.6 Å². The minimum Gasteiger partial charge on any atom is -0.491 e. The van der Waals surface area contributed by atoms with E-state index >= 15 is 0 Å². The maximum atomic E-state index is 5.77. The average molecular weight is 391 g/mol. The van der Waals surface area contributed by atoms with Crippen LogP contribution in [0.25, 0.3) is 0 Å². The monoisotopic (exact) mass is 390 g/mol. The van der Waals surface area contributed by atoms with E-state index in [-0.39, 0.29) is 12.1 Å². The Morgan fingerprint density at radius 2 is 1.61 bits per heavy atom. The number of hydrogen-bond donors (Lipinski definition) is 2. The molecule has 0 aliphatic carbocycles. The number of ether oxygens (including phenoxy) is 1. The molecule has 0 unspecified atom stereocenters. The molecule has 0 amide bonds. The van der Waals surface area contributed by atoms with Crippen molar-refractivity contribution in [2.75, 3.05) is 5.32 Å². The molecule has 28 heavy (non-hydrogen) atoms. The topological polar surface area (TPSA) is 33.3 Å². The summed E-state index contributed by atoms with van der Waals surface area (Å²) in [7, 11) is 0. The number of benzene rings is 3. The van der Waals surface area contributed by atoms with Crippen molar-refractivity contribution in [1.29, 1.82) is 0 Å². The summed E-state index contributed by atoms with van der Waals surface area (Å²) in [6, 6.07) is 26.5. The van der Waals surface area contributed by atoms with Crippen molar-refractivity contribution in [2.24, 2.45) is 0 Å². The van der Waals surface area contributed by atoms with Crippen molar-refractivity contribution in [1.82, 2.24) is 5.32 Å². The minimum atomic E-state index is -0.0301. The molecule has 4 heteroatoms. The van der Waals surface area contributed by atoms with Gasteiger partial charge in [-0.3, -0.25) is 0 Å². The van der Waals surface area contributed by atoms with E-state index in [9.17, 15) is 0 Å². The zero-order valence-corrected chi connectivity index (χ0v) is 17.3. The van der Waals surface area contributed by atoms with Gasteiger partial charge in [0.15, 0.2) is 5.11 Å². The molecule has 0 bridgehead atoms. The lowest BCUT2D eigenvalue weighted by molar-refractivity contribution is 0.242. The first-order chi connectivity index (χ1) is 13.5. The lowest BCUT2D eigenvalue weighted by atomic mass is 9.95. The molecule has 0 radical (unpaired) electrons. The highest BCUT2D eigenvalue weighted by atomic mass is 32.1. The van der Waals surface area contributed by atoms with Crippen molar-refractivity contribution in [2.45, 2.75) is 32.9 Å². The number of hydrogen-bond acceptors (Lipinski definition) is 2. The third-order valence-electron chi connectivity index (χ3n) is 4.37. The fourth-order valence-corrected chi connectivity index (χ4v) is 3.35. The van der Waals surface area contributed by atoms with Crippen molar-refractivity contribution in [3.8, 4) is 5.75 Å². The van der Waals surface area contributed by atoms with E-state index in [2.05, 4.69) is 54.0 Å². The van der Waals surface area contributed by atoms with E-state index in [1.54, 1.807) is 0 Å². The van der Waals surface area contributed by atoms with Crippen LogP contribution in [0.2, 0.25) is 0 Å². The molecule has 3 nitrogen and oxygen atoms in total. The van der Waals surface area contributed by atoms with E-state index in [0.29, 0.717) is 5.11 Å². The largest absolute Gasteiger partial charge is 0.491 e. The molecular weight excluding hydrogens is 364 g/mol. The fraction of sp³-hybridized carbons (Fsp3) is 0.208. The zero-order valence-electron chi connectivity index (χ0n) is 16.5.